The zero-order valence-electron chi connectivity index (χ0n) is 13.5. The van der Waals surface area contributed by atoms with E-state index in [9.17, 15) is 9.18 Å². The lowest BCUT2D eigenvalue weighted by Gasteiger charge is -2.10. The van der Waals surface area contributed by atoms with Crippen molar-refractivity contribution in [2.24, 2.45) is 0 Å². The molecule has 1 heterocycles. The van der Waals surface area contributed by atoms with Crippen molar-refractivity contribution in [2.45, 2.75) is 0 Å². The Morgan fingerprint density at radius 3 is 2.42 bits per heavy atom. The van der Waals surface area contributed by atoms with Gasteiger partial charge in [0.05, 0.1) is 22.7 Å². The number of methoxy groups -OCH3 is 1. The van der Waals surface area contributed by atoms with Crippen LogP contribution in [0.1, 0.15) is 15.9 Å². The molecule has 4 nitrogen and oxygen atoms in total. The summed E-state index contributed by atoms with van der Waals surface area (Å²) >= 11 is 11.9. The van der Waals surface area contributed by atoms with Gasteiger partial charge in [0.1, 0.15) is 5.75 Å². The number of carbonyl (C=O) groups excluding carboxylic acids is 1. The van der Waals surface area contributed by atoms with E-state index in [0.29, 0.717) is 11.3 Å². The molecule has 3 aromatic rings. The smallest absolute Gasteiger partial charge is 0.207 e. The first kappa shape index (κ1) is 18.2. The van der Waals surface area contributed by atoms with Gasteiger partial charge in [0.25, 0.3) is 0 Å². The van der Waals surface area contributed by atoms with Crippen molar-refractivity contribution in [3.05, 3.63) is 81.8 Å². The molecule has 26 heavy (non-hydrogen) atoms. The fourth-order valence-electron chi connectivity index (χ4n) is 2.26. The summed E-state index contributed by atoms with van der Waals surface area (Å²) in [6, 6.07) is 10.8. The number of carbonyl (C=O) groups is 1. The monoisotopic (exact) mass is 391 g/mol. The summed E-state index contributed by atoms with van der Waals surface area (Å²) in [5, 5.41) is 0.344. The number of hydrogen-bond donors (Lipinski definition) is 0. The number of rotatable bonds is 5. The molecule has 0 bridgehead atoms. The molecule has 0 saturated carbocycles. The van der Waals surface area contributed by atoms with E-state index < -0.39 is 5.82 Å². The number of pyridine rings is 1. The lowest BCUT2D eigenvalue weighted by molar-refractivity contribution is 0.103. The fraction of sp³-hybridized carbons (Fsp3) is 0.0526. The summed E-state index contributed by atoms with van der Waals surface area (Å²) in [6.07, 6.45) is 2.72. The zero-order chi connectivity index (χ0) is 18.7. The molecule has 3 rings (SSSR count). The topological polar surface area (TPSA) is 48.4 Å². The van der Waals surface area contributed by atoms with Gasteiger partial charge in [-0.2, -0.15) is 4.39 Å². The molecule has 132 valence electrons. The van der Waals surface area contributed by atoms with Crippen molar-refractivity contribution in [1.82, 2.24) is 4.98 Å². The second-order valence-electron chi connectivity index (χ2n) is 5.21. The summed E-state index contributed by atoms with van der Waals surface area (Å²) in [5.41, 5.74) is 0.570. The number of benzene rings is 2. The highest BCUT2D eigenvalue weighted by Gasteiger charge is 2.16. The van der Waals surface area contributed by atoms with Crippen LogP contribution in [0.3, 0.4) is 0 Å². The average Bonchev–Trinajstić information content (AvgIpc) is 2.66. The molecular formula is C19H12Cl2FNO3. The van der Waals surface area contributed by atoms with E-state index in [1.807, 2.05) is 0 Å². The van der Waals surface area contributed by atoms with Gasteiger partial charge < -0.3 is 9.47 Å². The van der Waals surface area contributed by atoms with Crippen molar-refractivity contribution in [2.75, 3.05) is 7.11 Å². The van der Waals surface area contributed by atoms with Crippen molar-refractivity contribution in [3.63, 3.8) is 0 Å². The predicted molar refractivity (Wildman–Crippen MR) is 97.2 cm³/mol. The van der Waals surface area contributed by atoms with Gasteiger partial charge in [0, 0.05) is 18.0 Å². The summed E-state index contributed by atoms with van der Waals surface area (Å²) in [6.45, 7) is 0. The normalized spacial score (nSPS) is 10.5. The van der Waals surface area contributed by atoms with Crippen molar-refractivity contribution in [1.29, 1.82) is 0 Å². The first-order chi connectivity index (χ1) is 12.5. The van der Waals surface area contributed by atoms with Crippen LogP contribution in [-0.2, 0) is 0 Å². The molecule has 0 aliphatic carbocycles. The van der Waals surface area contributed by atoms with E-state index in [1.54, 1.807) is 30.3 Å². The molecule has 0 aliphatic rings. The first-order valence-electron chi connectivity index (χ1n) is 7.45. The second kappa shape index (κ2) is 7.72. The summed E-state index contributed by atoms with van der Waals surface area (Å²) in [7, 11) is 1.37. The van der Waals surface area contributed by atoms with Crippen LogP contribution in [0.2, 0.25) is 10.0 Å². The minimum absolute atomic E-state index is 0.0190. The minimum atomic E-state index is -0.605. The molecule has 0 radical (unpaired) electrons. The third-order valence-corrected chi connectivity index (χ3v) is 4.36. The number of ether oxygens (including phenoxy) is 2. The quantitative estimate of drug-likeness (QED) is 0.534. The lowest BCUT2D eigenvalue weighted by Crippen LogP contribution is -2.03. The number of halogens is 3. The van der Waals surface area contributed by atoms with E-state index in [0.717, 1.165) is 0 Å². The van der Waals surface area contributed by atoms with Gasteiger partial charge in [-0.3, -0.25) is 9.78 Å². The first-order valence-corrected chi connectivity index (χ1v) is 8.21. The highest BCUT2D eigenvalue weighted by molar-refractivity contribution is 6.44. The van der Waals surface area contributed by atoms with Gasteiger partial charge in [0.2, 0.25) is 5.82 Å². The van der Waals surface area contributed by atoms with Crippen LogP contribution >= 0.6 is 23.2 Å². The maximum Gasteiger partial charge on any atom is 0.207 e. The molecule has 0 atom stereocenters. The molecule has 1 aromatic heterocycles. The molecule has 0 aliphatic heterocycles. The standard InChI is InChI=1S/C19H12Cl2FNO3/c1-25-15-3-2-4-16(18(15)22)26-12-7-5-11(6-8-12)19(24)13-9-23-10-14(20)17(13)21/h2-10H,1H3. The average molecular weight is 392 g/mol. The third-order valence-electron chi connectivity index (χ3n) is 3.57. The third kappa shape index (κ3) is 3.64. The SMILES string of the molecule is COc1cccc(Oc2ccc(C(=O)c3cncc(Cl)c3Cl)cc2)c1F. The molecular weight excluding hydrogens is 380 g/mol. The van der Waals surface area contributed by atoms with Crippen LogP contribution < -0.4 is 9.47 Å². The largest absolute Gasteiger partial charge is 0.494 e. The van der Waals surface area contributed by atoms with Gasteiger partial charge >= 0.3 is 0 Å². The highest BCUT2D eigenvalue weighted by atomic mass is 35.5. The van der Waals surface area contributed by atoms with Crippen LogP contribution in [0, 0.1) is 5.82 Å². The van der Waals surface area contributed by atoms with Crippen LogP contribution in [0.5, 0.6) is 17.2 Å². The minimum Gasteiger partial charge on any atom is -0.494 e. The van der Waals surface area contributed by atoms with E-state index in [1.165, 1.54) is 31.6 Å². The molecule has 0 spiro atoms. The number of hydrogen-bond acceptors (Lipinski definition) is 4. The molecule has 2 aromatic carbocycles. The molecule has 0 amide bonds. The van der Waals surface area contributed by atoms with Gasteiger partial charge in [0.15, 0.2) is 17.3 Å². The highest BCUT2D eigenvalue weighted by Crippen LogP contribution is 2.31. The van der Waals surface area contributed by atoms with Crippen LogP contribution in [0.25, 0.3) is 0 Å². The van der Waals surface area contributed by atoms with Crippen molar-refractivity contribution in [3.8, 4) is 17.2 Å². The van der Waals surface area contributed by atoms with Gasteiger partial charge in [-0.15, -0.1) is 0 Å². The molecule has 0 fully saturated rings. The Balaban J connectivity index is 1.83. The number of aromatic nitrogens is 1. The second-order valence-corrected chi connectivity index (χ2v) is 6.00. The Hall–Kier alpha value is -2.63. The van der Waals surface area contributed by atoms with Crippen LogP contribution in [0.15, 0.2) is 54.9 Å². The number of ketones is 1. The molecule has 0 N–H and O–H groups in total. The van der Waals surface area contributed by atoms with Gasteiger partial charge in [-0.1, -0.05) is 29.3 Å². The fourth-order valence-corrected chi connectivity index (χ4v) is 2.60. The summed E-state index contributed by atoms with van der Waals surface area (Å²) in [5.74, 6) is -0.469. The zero-order valence-corrected chi connectivity index (χ0v) is 15.0. The van der Waals surface area contributed by atoms with E-state index in [4.69, 9.17) is 32.7 Å². The van der Waals surface area contributed by atoms with Gasteiger partial charge in [-0.05, 0) is 36.4 Å². The van der Waals surface area contributed by atoms with Crippen molar-refractivity contribution < 1.29 is 18.7 Å². The summed E-state index contributed by atoms with van der Waals surface area (Å²) < 4.78 is 24.6. The van der Waals surface area contributed by atoms with E-state index in [-0.39, 0.29) is 32.9 Å². The lowest BCUT2D eigenvalue weighted by atomic mass is 10.1. The summed E-state index contributed by atoms with van der Waals surface area (Å²) in [4.78, 5) is 16.4. The van der Waals surface area contributed by atoms with E-state index >= 15 is 0 Å². The molecule has 0 saturated heterocycles. The Labute approximate surface area is 159 Å². The van der Waals surface area contributed by atoms with Crippen molar-refractivity contribution >= 4 is 29.0 Å². The van der Waals surface area contributed by atoms with Crippen LogP contribution in [-0.4, -0.2) is 17.9 Å². The maximum absolute atomic E-state index is 14.1. The maximum atomic E-state index is 14.1. The molecule has 7 heteroatoms. The van der Waals surface area contributed by atoms with Gasteiger partial charge in [-0.25, -0.2) is 0 Å². The Kier molecular flexibility index (Phi) is 5.40. The Morgan fingerprint density at radius 1 is 1.04 bits per heavy atom. The molecule has 0 unspecified atom stereocenters. The van der Waals surface area contributed by atoms with Crippen LogP contribution in [0.4, 0.5) is 4.39 Å². The van der Waals surface area contributed by atoms with E-state index in [2.05, 4.69) is 4.98 Å². The Bertz CT molecular complexity index is 961. The Morgan fingerprint density at radius 2 is 1.73 bits per heavy atom. The number of nitrogens with zero attached hydrogens (tertiary/aromatic N) is 1. The predicted octanol–water partition coefficient (Wildman–Crippen LogP) is 5.56.